The van der Waals surface area contributed by atoms with E-state index in [1.54, 1.807) is 6.20 Å². The van der Waals surface area contributed by atoms with Crippen LogP contribution in [0.15, 0.2) is 12.4 Å². The molecule has 0 aliphatic carbocycles. The largest absolute Gasteiger partial charge is 0.335 e. The lowest BCUT2D eigenvalue weighted by atomic mass is 10.5. The zero-order valence-electron chi connectivity index (χ0n) is 7.02. The van der Waals surface area contributed by atoms with Crippen molar-refractivity contribution in [2.75, 3.05) is 0 Å². The minimum atomic E-state index is 0.742. The molecule has 0 amide bonds. The molecule has 13 heavy (non-hydrogen) atoms. The summed E-state index contributed by atoms with van der Waals surface area (Å²) in [6, 6.07) is 0. The second-order valence-electron chi connectivity index (χ2n) is 2.75. The second kappa shape index (κ2) is 3.39. The van der Waals surface area contributed by atoms with Crippen LogP contribution in [0, 0.1) is 11.7 Å². The fourth-order valence-electron chi connectivity index (χ4n) is 1.11. The predicted octanol–water partition coefficient (Wildman–Crippen LogP) is 1.75. The summed E-state index contributed by atoms with van der Waals surface area (Å²) in [4.78, 5) is 4.17. The molecule has 1 N–H and O–H groups in total. The quantitative estimate of drug-likeness (QED) is 0.771. The van der Waals surface area contributed by atoms with Crippen molar-refractivity contribution in [2.24, 2.45) is 0 Å². The molecule has 68 valence electrons. The van der Waals surface area contributed by atoms with Gasteiger partial charge in [0, 0.05) is 11.9 Å². The third-order valence-corrected chi connectivity index (χ3v) is 2.63. The Morgan fingerprint density at radius 3 is 3.08 bits per heavy atom. The molecular weight excluding hydrogens is 204 g/mol. The Bertz CT molecular complexity index is 439. The zero-order valence-corrected chi connectivity index (χ0v) is 8.65. The molecule has 0 radical (unpaired) electrons. The van der Waals surface area contributed by atoms with E-state index < -0.39 is 0 Å². The van der Waals surface area contributed by atoms with Gasteiger partial charge in [0.1, 0.15) is 0 Å². The van der Waals surface area contributed by atoms with Crippen molar-refractivity contribution in [1.82, 2.24) is 19.1 Å². The lowest BCUT2D eigenvalue weighted by Crippen LogP contribution is -1.95. The van der Waals surface area contributed by atoms with Crippen molar-refractivity contribution < 1.29 is 0 Å². The van der Waals surface area contributed by atoms with Crippen LogP contribution in [-0.2, 0) is 6.54 Å². The van der Waals surface area contributed by atoms with Crippen LogP contribution in [0.25, 0.3) is 0 Å². The van der Waals surface area contributed by atoms with E-state index in [0.29, 0.717) is 0 Å². The molecule has 0 unspecified atom stereocenters. The van der Waals surface area contributed by atoms with Gasteiger partial charge in [0.15, 0.2) is 4.77 Å². The summed E-state index contributed by atoms with van der Waals surface area (Å²) in [5.41, 5.74) is 1.07. The van der Waals surface area contributed by atoms with Crippen LogP contribution in [0.5, 0.6) is 0 Å². The van der Waals surface area contributed by atoms with Gasteiger partial charge in [-0.1, -0.05) is 4.49 Å². The molecule has 0 saturated carbocycles. The van der Waals surface area contributed by atoms with Gasteiger partial charge in [-0.2, -0.15) is 0 Å². The van der Waals surface area contributed by atoms with Gasteiger partial charge in [0.2, 0.25) is 0 Å². The number of rotatable bonds is 2. The maximum absolute atomic E-state index is 5.12. The Labute approximate surface area is 84.4 Å². The number of nitrogens with zero attached hydrogens (tertiary/aromatic N) is 3. The third kappa shape index (κ3) is 1.84. The topological polar surface area (TPSA) is 46.5 Å². The standard InChI is InChI=1S/C7H8N4S2/c1-5-3-11(7(12)9-5)4-6-2-8-10-13-6/h2-3H,4H2,1H3,(H,9,12). The summed E-state index contributed by atoms with van der Waals surface area (Å²) >= 11 is 6.51. The molecule has 0 fully saturated rings. The predicted molar refractivity (Wildman–Crippen MR) is 53.4 cm³/mol. The Hall–Kier alpha value is -1.01. The van der Waals surface area contributed by atoms with E-state index in [2.05, 4.69) is 14.6 Å². The van der Waals surface area contributed by atoms with Crippen molar-refractivity contribution >= 4 is 23.8 Å². The fraction of sp³-hybridized carbons (Fsp3) is 0.286. The second-order valence-corrected chi connectivity index (χ2v) is 4.01. The molecule has 2 aromatic rings. The van der Waals surface area contributed by atoms with Gasteiger partial charge >= 0.3 is 0 Å². The third-order valence-electron chi connectivity index (χ3n) is 1.65. The van der Waals surface area contributed by atoms with Crippen molar-refractivity contribution in [2.45, 2.75) is 13.5 Å². The van der Waals surface area contributed by atoms with Crippen LogP contribution < -0.4 is 0 Å². The van der Waals surface area contributed by atoms with Gasteiger partial charge in [-0.15, -0.1) is 5.10 Å². The molecule has 0 saturated heterocycles. The Balaban J connectivity index is 2.28. The Morgan fingerprint density at radius 1 is 1.69 bits per heavy atom. The van der Waals surface area contributed by atoms with Crippen LogP contribution >= 0.6 is 23.8 Å². The molecule has 2 rings (SSSR count). The zero-order chi connectivity index (χ0) is 9.26. The van der Waals surface area contributed by atoms with Crippen molar-refractivity contribution in [3.8, 4) is 0 Å². The maximum Gasteiger partial charge on any atom is 0.177 e. The summed E-state index contributed by atoms with van der Waals surface area (Å²) < 4.78 is 6.50. The highest BCUT2D eigenvalue weighted by atomic mass is 32.1. The molecule has 2 aromatic heterocycles. The highest BCUT2D eigenvalue weighted by Crippen LogP contribution is 2.06. The SMILES string of the molecule is Cc1cn(Cc2cnns2)c(=S)[nH]1. The summed E-state index contributed by atoms with van der Waals surface area (Å²) in [5.74, 6) is 0. The number of hydrogen-bond donors (Lipinski definition) is 1. The number of hydrogen-bond acceptors (Lipinski definition) is 4. The first-order chi connectivity index (χ1) is 6.25. The summed E-state index contributed by atoms with van der Waals surface area (Å²) in [7, 11) is 0. The van der Waals surface area contributed by atoms with Crippen molar-refractivity contribution in [3.63, 3.8) is 0 Å². The fourth-order valence-corrected chi connectivity index (χ4v) is 1.88. The number of H-pyrrole nitrogens is 1. The minimum absolute atomic E-state index is 0.742. The number of nitrogens with one attached hydrogen (secondary N) is 1. The Kier molecular flexibility index (Phi) is 2.24. The molecular formula is C7H8N4S2. The monoisotopic (exact) mass is 212 g/mol. The maximum atomic E-state index is 5.12. The van der Waals surface area contributed by atoms with Crippen LogP contribution in [-0.4, -0.2) is 19.1 Å². The number of aromatic nitrogens is 4. The van der Waals surface area contributed by atoms with Crippen molar-refractivity contribution in [1.29, 1.82) is 0 Å². The molecule has 4 nitrogen and oxygen atoms in total. The van der Waals surface area contributed by atoms with E-state index in [9.17, 15) is 0 Å². The first-order valence-electron chi connectivity index (χ1n) is 3.78. The van der Waals surface area contributed by atoms with Crippen LogP contribution in [0.1, 0.15) is 10.6 Å². The van der Waals surface area contributed by atoms with Crippen LogP contribution in [0.2, 0.25) is 0 Å². The number of imidazole rings is 1. The average Bonchev–Trinajstić information content (AvgIpc) is 2.63. The molecule has 2 heterocycles. The van der Waals surface area contributed by atoms with E-state index >= 15 is 0 Å². The van der Waals surface area contributed by atoms with Gasteiger partial charge < -0.3 is 9.55 Å². The van der Waals surface area contributed by atoms with Crippen LogP contribution in [0.4, 0.5) is 0 Å². The molecule has 6 heteroatoms. The number of aryl methyl sites for hydroxylation is 1. The molecule has 0 aliphatic rings. The van der Waals surface area contributed by atoms with Gasteiger partial charge in [0.05, 0.1) is 17.6 Å². The molecule has 0 aliphatic heterocycles. The Morgan fingerprint density at radius 2 is 2.54 bits per heavy atom. The van der Waals surface area contributed by atoms with E-state index in [1.165, 1.54) is 11.5 Å². The summed E-state index contributed by atoms with van der Waals surface area (Å²) in [6.07, 6.45) is 3.75. The van der Waals surface area contributed by atoms with E-state index in [-0.39, 0.29) is 0 Å². The van der Waals surface area contributed by atoms with Gasteiger partial charge in [-0.25, -0.2) is 0 Å². The normalized spacial score (nSPS) is 10.5. The lowest BCUT2D eigenvalue weighted by molar-refractivity contribution is 0.793. The average molecular weight is 212 g/mol. The first kappa shape index (κ1) is 8.58. The molecule has 0 aromatic carbocycles. The van der Waals surface area contributed by atoms with Gasteiger partial charge in [0.25, 0.3) is 0 Å². The van der Waals surface area contributed by atoms with E-state index in [4.69, 9.17) is 12.2 Å². The van der Waals surface area contributed by atoms with E-state index in [0.717, 1.165) is 21.9 Å². The highest BCUT2D eigenvalue weighted by Gasteiger charge is 1.99. The minimum Gasteiger partial charge on any atom is -0.335 e. The summed E-state index contributed by atoms with van der Waals surface area (Å²) in [5, 5.41) is 3.77. The first-order valence-corrected chi connectivity index (χ1v) is 4.96. The summed E-state index contributed by atoms with van der Waals surface area (Å²) in [6.45, 7) is 2.73. The van der Waals surface area contributed by atoms with Gasteiger partial charge in [-0.3, -0.25) is 0 Å². The lowest BCUT2D eigenvalue weighted by Gasteiger charge is -1.95. The smallest absolute Gasteiger partial charge is 0.177 e. The highest BCUT2D eigenvalue weighted by molar-refractivity contribution is 7.71. The van der Waals surface area contributed by atoms with E-state index in [1.807, 2.05) is 17.7 Å². The van der Waals surface area contributed by atoms with Crippen LogP contribution in [0.3, 0.4) is 0 Å². The molecule has 0 spiro atoms. The van der Waals surface area contributed by atoms with Gasteiger partial charge in [-0.05, 0) is 30.7 Å². The molecule has 0 atom stereocenters. The molecule has 0 bridgehead atoms. The number of aromatic amines is 1. The van der Waals surface area contributed by atoms with Crippen molar-refractivity contribution in [3.05, 3.63) is 27.7 Å².